The predicted octanol–water partition coefficient (Wildman–Crippen LogP) is 2.94. The topological polar surface area (TPSA) is 26.0 Å². The van der Waals surface area contributed by atoms with Gasteiger partial charge in [0.1, 0.15) is 0 Å². The molecule has 0 heterocycles. The van der Waals surface area contributed by atoms with E-state index < -0.39 is 0 Å². The van der Waals surface area contributed by atoms with E-state index in [0.717, 1.165) is 17.8 Å². The maximum atomic E-state index is 6.27. The summed E-state index contributed by atoms with van der Waals surface area (Å²) in [6.07, 6.45) is 8.73. The summed E-state index contributed by atoms with van der Waals surface area (Å²) in [4.78, 5) is 0. The van der Waals surface area contributed by atoms with Crippen LogP contribution >= 0.6 is 0 Å². The second kappa shape index (κ2) is 3.27. The van der Waals surface area contributed by atoms with Crippen molar-refractivity contribution in [1.29, 1.82) is 0 Å². The fourth-order valence-corrected chi connectivity index (χ4v) is 3.51. The third kappa shape index (κ3) is 1.90. The van der Waals surface area contributed by atoms with Gasteiger partial charge in [-0.05, 0) is 44.4 Å². The van der Waals surface area contributed by atoms with Crippen LogP contribution in [0.1, 0.15) is 52.4 Å². The van der Waals surface area contributed by atoms with Crippen molar-refractivity contribution in [1.82, 2.24) is 0 Å². The highest BCUT2D eigenvalue weighted by Crippen LogP contribution is 2.46. The molecule has 3 rings (SSSR count). The van der Waals surface area contributed by atoms with Crippen LogP contribution in [-0.4, -0.2) is 5.54 Å². The molecular formula is C12H23N. The van der Waals surface area contributed by atoms with Gasteiger partial charge < -0.3 is 5.73 Å². The lowest BCUT2D eigenvalue weighted by Crippen LogP contribution is -2.46. The fourth-order valence-electron chi connectivity index (χ4n) is 3.51. The molecule has 0 spiro atoms. The lowest BCUT2D eigenvalue weighted by Gasteiger charge is -2.41. The maximum Gasteiger partial charge on any atom is 0.0128 e. The summed E-state index contributed by atoms with van der Waals surface area (Å²) < 4.78 is 0. The van der Waals surface area contributed by atoms with Crippen molar-refractivity contribution in [2.75, 3.05) is 0 Å². The summed E-state index contributed by atoms with van der Waals surface area (Å²) in [6, 6.07) is 0. The van der Waals surface area contributed by atoms with Crippen LogP contribution in [0, 0.1) is 17.8 Å². The van der Waals surface area contributed by atoms with Gasteiger partial charge in [0.25, 0.3) is 0 Å². The van der Waals surface area contributed by atoms with Crippen LogP contribution in [0.2, 0.25) is 0 Å². The Morgan fingerprint density at radius 2 is 1.85 bits per heavy atom. The summed E-state index contributed by atoms with van der Waals surface area (Å²) in [5.74, 6) is 2.75. The molecule has 76 valence electrons. The van der Waals surface area contributed by atoms with Gasteiger partial charge in [-0.25, -0.2) is 0 Å². The minimum Gasteiger partial charge on any atom is -0.325 e. The molecule has 0 amide bonds. The molecule has 0 aromatic heterocycles. The van der Waals surface area contributed by atoms with Crippen molar-refractivity contribution >= 4 is 0 Å². The SMILES string of the molecule is CC(C)(N)C1CC2CCCC1CC2. The molecule has 0 aliphatic heterocycles. The highest BCUT2D eigenvalue weighted by atomic mass is 14.7. The molecule has 3 unspecified atom stereocenters. The molecule has 0 aromatic carbocycles. The summed E-state index contributed by atoms with van der Waals surface area (Å²) in [5.41, 5.74) is 6.33. The van der Waals surface area contributed by atoms with Gasteiger partial charge in [-0.15, -0.1) is 0 Å². The Bertz CT molecular complexity index is 176. The van der Waals surface area contributed by atoms with Crippen molar-refractivity contribution in [2.45, 2.75) is 57.9 Å². The van der Waals surface area contributed by atoms with Gasteiger partial charge in [0.05, 0.1) is 0 Å². The van der Waals surface area contributed by atoms with Gasteiger partial charge in [-0.1, -0.05) is 25.7 Å². The van der Waals surface area contributed by atoms with Crippen LogP contribution in [0.5, 0.6) is 0 Å². The van der Waals surface area contributed by atoms with Gasteiger partial charge >= 0.3 is 0 Å². The van der Waals surface area contributed by atoms with Crippen molar-refractivity contribution < 1.29 is 0 Å². The number of fused-ring (bicyclic) bond motifs is 4. The second-order valence-electron chi connectivity index (χ2n) is 5.80. The third-order valence-corrected chi connectivity index (χ3v) is 4.24. The average molecular weight is 181 g/mol. The molecule has 1 nitrogen and oxygen atoms in total. The summed E-state index contributed by atoms with van der Waals surface area (Å²) in [6.45, 7) is 4.44. The van der Waals surface area contributed by atoms with Crippen LogP contribution in [0.15, 0.2) is 0 Å². The molecule has 3 fully saturated rings. The molecule has 3 atom stereocenters. The molecule has 0 saturated heterocycles. The molecule has 0 radical (unpaired) electrons. The molecule has 3 aliphatic rings. The largest absolute Gasteiger partial charge is 0.325 e. The van der Waals surface area contributed by atoms with E-state index in [1.54, 1.807) is 0 Å². The highest BCUT2D eigenvalue weighted by molar-refractivity contribution is 4.93. The first-order chi connectivity index (χ1) is 6.07. The standard InChI is InChI=1S/C12H23N/c1-12(2,13)11-8-9-4-3-5-10(11)7-6-9/h9-11H,3-8,13H2,1-2H3. The van der Waals surface area contributed by atoms with Crippen LogP contribution in [-0.2, 0) is 0 Å². The van der Waals surface area contributed by atoms with Gasteiger partial charge in [-0.3, -0.25) is 0 Å². The first-order valence-corrected chi connectivity index (χ1v) is 5.86. The van der Waals surface area contributed by atoms with Crippen molar-refractivity contribution in [3.63, 3.8) is 0 Å². The first-order valence-electron chi connectivity index (χ1n) is 5.86. The quantitative estimate of drug-likeness (QED) is 0.661. The average Bonchev–Trinajstić information content (AvgIpc) is 2.35. The fraction of sp³-hybridized carbons (Fsp3) is 1.00. The van der Waals surface area contributed by atoms with Gasteiger partial charge in [0.15, 0.2) is 0 Å². The molecule has 3 aliphatic carbocycles. The van der Waals surface area contributed by atoms with Gasteiger partial charge in [-0.2, -0.15) is 0 Å². The highest BCUT2D eigenvalue weighted by Gasteiger charge is 2.39. The number of rotatable bonds is 1. The van der Waals surface area contributed by atoms with Crippen molar-refractivity contribution in [2.24, 2.45) is 23.5 Å². The van der Waals surface area contributed by atoms with Gasteiger partial charge in [0, 0.05) is 5.54 Å². The van der Waals surface area contributed by atoms with E-state index in [-0.39, 0.29) is 5.54 Å². The minimum absolute atomic E-state index is 0.0632. The van der Waals surface area contributed by atoms with E-state index in [1.807, 2.05) is 0 Å². The van der Waals surface area contributed by atoms with Crippen LogP contribution in [0.3, 0.4) is 0 Å². The number of hydrogen-bond acceptors (Lipinski definition) is 1. The lowest BCUT2D eigenvalue weighted by atomic mass is 9.68. The van der Waals surface area contributed by atoms with Crippen molar-refractivity contribution in [3.05, 3.63) is 0 Å². The van der Waals surface area contributed by atoms with E-state index in [9.17, 15) is 0 Å². The Balaban J connectivity index is 2.12. The normalized spacial score (nSPS) is 40.4. The zero-order valence-corrected chi connectivity index (χ0v) is 9.05. The van der Waals surface area contributed by atoms with Crippen LogP contribution < -0.4 is 5.73 Å². The molecule has 2 bridgehead atoms. The monoisotopic (exact) mass is 181 g/mol. The maximum absolute atomic E-state index is 6.27. The van der Waals surface area contributed by atoms with E-state index in [2.05, 4.69) is 13.8 Å². The Morgan fingerprint density at radius 1 is 1.08 bits per heavy atom. The number of hydrogen-bond donors (Lipinski definition) is 1. The summed E-state index contributed by atoms with van der Waals surface area (Å²) in [5, 5.41) is 0. The molecule has 1 heteroatoms. The molecule has 2 N–H and O–H groups in total. The van der Waals surface area contributed by atoms with E-state index >= 15 is 0 Å². The van der Waals surface area contributed by atoms with Gasteiger partial charge in [0.2, 0.25) is 0 Å². The first kappa shape index (κ1) is 9.51. The summed E-state index contributed by atoms with van der Waals surface area (Å²) >= 11 is 0. The Hall–Kier alpha value is -0.0400. The minimum atomic E-state index is 0.0632. The Labute approximate surface area is 82.1 Å². The molecule has 0 aromatic rings. The van der Waals surface area contributed by atoms with Crippen LogP contribution in [0.25, 0.3) is 0 Å². The molecule has 3 saturated carbocycles. The zero-order valence-electron chi connectivity index (χ0n) is 9.05. The summed E-state index contributed by atoms with van der Waals surface area (Å²) in [7, 11) is 0. The van der Waals surface area contributed by atoms with E-state index in [1.165, 1.54) is 38.5 Å². The van der Waals surface area contributed by atoms with E-state index in [4.69, 9.17) is 5.73 Å². The molecular weight excluding hydrogens is 158 g/mol. The second-order valence-corrected chi connectivity index (χ2v) is 5.80. The Morgan fingerprint density at radius 3 is 2.54 bits per heavy atom. The zero-order chi connectivity index (χ0) is 9.47. The smallest absolute Gasteiger partial charge is 0.0128 e. The van der Waals surface area contributed by atoms with Crippen LogP contribution in [0.4, 0.5) is 0 Å². The molecule has 13 heavy (non-hydrogen) atoms. The third-order valence-electron chi connectivity index (χ3n) is 4.24. The predicted molar refractivity (Wildman–Crippen MR) is 56.4 cm³/mol. The lowest BCUT2D eigenvalue weighted by molar-refractivity contribution is 0.132. The van der Waals surface area contributed by atoms with Crippen molar-refractivity contribution in [3.8, 4) is 0 Å². The van der Waals surface area contributed by atoms with E-state index in [0.29, 0.717) is 0 Å². The Kier molecular flexibility index (Phi) is 2.39. The number of nitrogens with two attached hydrogens (primary N) is 1.